The predicted molar refractivity (Wildman–Crippen MR) is 87.7 cm³/mol. The summed E-state index contributed by atoms with van der Waals surface area (Å²) in [5.41, 5.74) is -0.166. The van der Waals surface area contributed by atoms with Crippen molar-refractivity contribution in [3.05, 3.63) is 47.4 Å². The molecule has 0 spiro atoms. The number of ether oxygens (including phenoxy) is 1. The van der Waals surface area contributed by atoms with Crippen molar-refractivity contribution in [1.29, 1.82) is 0 Å². The maximum atomic E-state index is 5.96. The molecule has 1 aromatic carbocycles. The summed E-state index contributed by atoms with van der Waals surface area (Å²) in [7, 11) is 0. The average molecular weight is 366 g/mol. The Balaban J connectivity index is 0. The summed E-state index contributed by atoms with van der Waals surface area (Å²) in [5.74, 6) is 0.944. The number of thioether (sulfide) groups is 1. The van der Waals surface area contributed by atoms with Gasteiger partial charge in [-0.1, -0.05) is 12.1 Å². The van der Waals surface area contributed by atoms with Crippen molar-refractivity contribution >= 4 is 36.6 Å². The summed E-state index contributed by atoms with van der Waals surface area (Å²) >= 11 is 1.71. The first-order valence-electron chi connectivity index (χ1n) is 5.78. The second-order valence-electron chi connectivity index (χ2n) is 4.91. The summed E-state index contributed by atoms with van der Waals surface area (Å²) in [4.78, 5) is 2.33. The van der Waals surface area contributed by atoms with Gasteiger partial charge in [-0.25, -0.2) is 6.08 Å². The smallest absolute Gasteiger partial charge is 0.133 e. The molecular weight excluding hydrogens is 347 g/mol. The van der Waals surface area contributed by atoms with Crippen LogP contribution in [0.15, 0.2) is 46.2 Å². The number of hydrogen-bond acceptors (Lipinski definition) is 2. The van der Waals surface area contributed by atoms with Gasteiger partial charge in [0.2, 0.25) is 0 Å². The molecule has 1 aliphatic carbocycles. The van der Waals surface area contributed by atoms with E-state index in [0.29, 0.717) is 0 Å². The molecule has 110 valence electrons. The third-order valence-corrected chi connectivity index (χ3v) is 3.21. The topological polar surface area (TPSA) is 9.23 Å². The van der Waals surface area contributed by atoms with E-state index in [2.05, 4.69) is 45.1 Å². The fourth-order valence-electron chi connectivity index (χ4n) is 1.52. The van der Waals surface area contributed by atoms with E-state index in [1.54, 1.807) is 11.8 Å². The fraction of sp³-hybridized carbons (Fsp3) is 0.333. The van der Waals surface area contributed by atoms with Crippen molar-refractivity contribution in [2.24, 2.45) is 0 Å². The van der Waals surface area contributed by atoms with Gasteiger partial charge in [-0.3, -0.25) is 6.08 Å². The van der Waals surface area contributed by atoms with Gasteiger partial charge in [0.25, 0.3) is 0 Å². The van der Waals surface area contributed by atoms with Gasteiger partial charge >= 0.3 is 0 Å². The molecule has 1 aliphatic rings. The van der Waals surface area contributed by atoms with Gasteiger partial charge in [-0.05, 0) is 32.9 Å². The quantitative estimate of drug-likeness (QED) is 0.520. The van der Waals surface area contributed by atoms with E-state index in [1.807, 2.05) is 18.2 Å². The SMILES string of the molecule is CC(C)(C)Oc1ccccc1SC1=[C-]CC=C1.Cl.Cl.[Ti]. The van der Waals surface area contributed by atoms with Gasteiger partial charge in [0.1, 0.15) is 11.4 Å². The maximum Gasteiger partial charge on any atom is 0.133 e. The summed E-state index contributed by atoms with van der Waals surface area (Å²) in [5, 5.41) is 0. The van der Waals surface area contributed by atoms with Crippen LogP contribution in [0.4, 0.5) is 0 Å². The molecular formula is C15H19Cl2OSTi-. The van der Waals surface area contributed by atoms with Crippen molar-refractivity contribution in [2.45, 2.75) is 37.7 Å². The molecule has 1 aromatic rings. The fourth-order valence-corrected chi connectivity index (χ4v) is 2.44. The van der Waals surface area contributed by atoms with Gasteiger partial charge in [0, 0.05) is 21.7 Å². The van der Waals surface area contributed by atoms with E-state index >= 15 is 0 Å². The van der Waals surface area contributed by atoms with Gasteiger partial charge < -0.3 is 4.74 Å². The molecule has 0 heterocycles. The molecule has 20 heavy (non-hydrogen) atoms. The zero-order valence-electron chi connectivity index (χ0n) is 11.8. The molecule has 1 nitrogen and oxygen atoms in total. The molecule has 5 heteroatoms. The van der Waals surface area contributed by atoms with E-state index in [-0.39, 0.29) is 52.1 Å². The van der Waals surface area contributed by atoms with Crippen LogP contribution >= 0.6 is 36.6 Å². The third-order valence-electron chi connectivity index (χ3n) is 2.15. The summed E-state index contributed by atoms with van der Waals surface area (Å²) in [6.45, 7) is 6.19. The van der Waals surface area contributed by atoms with E-state index in [9.17, 15) is 0 Å². The molecule has 0 radical (unpaired) electrons. The largest absolute Gasteiger partial charge is 0.487 e. The number of allylic oxidation sites excluding steroid dienone is 3. The normalized spacial score (nSPS) is 12.7. The Hall–Kier alpha value is 0.144. The maximum absolute atomic E-state index is 5.96. The number of rotatable bonds is 3. The minimum absolute atomic E-state index is 0. The molecule has 2 rings (SSSR count). The second kappa shape index (κ2) is 9.97. The molecule has 0 bridgehead atoms. The molecule has 0 aliphatic heterocycles. The summed E-state index contributed by atoms with van der Waals surface area (Å²) < 4.78 is 5.96. The zero-order chi connectivity index (χ0) is 12.3. The molecule has 0 aromatic heterocycles. The molecule has 0 fully saturated rings. The van der Waals surface area contributed by atoms with E-state index in [1.165, 1.54) is 4.91 Å². The first-order valence-corrected chi connectivity index (χ1v) is 6.59. The van der Waals surface area contributed by atoms with Crippen molar-refractivity contribution in [1.82, 2.24) is 0 Å². The Bertz CT molecular complexity index is 467. The van der Waals surface area contributed by atoms with Crippen LogP contribution in [-0.4, -0.2) is 5.60 Å². The standard InChI is InChI=1S/C15H17OS.2ClH.Ti/c1-15(2,3)16-13-10-6-7-11-14(13)17-12-8-4-5-9-12;;;/h4,6-8,10-11H,5H2,1-3H3;2*1H;/q-1;;;. The van der Waals surface area contributed by atoms with Gasteiger partial charge in [0.15, 0.2) is 0 Å². The Morgan fingerprint density at radius 3 is 2.35 bits per heavy atom. The number of para-hydroxylation sites is 1. The predicted octanol–water partition coefficient (Wildman–Crippen LogP) is 5.44. The average Bonchev–Trinajstić information content (AvgIpc) is 2.71. The van der Waals surface area contributed by atoms with Crippen LogP contribution in [0.2, 0.25) is 0 Å². The molecule has 0 unspecified atom stereocenters. The first kappa shape index (κ1) is 22.4. The minimum Gasteiger partial charge on any atom is -0.487 e. The van der Waals surface area contributed by atoms with Gasteiger partial charge in [-0.2, -0.15) is 11.0 Å². The van der Waals surface area contributed by atoms with E-state index in [0.717, 1.165) is 17.1 Å². The van der Waals surface area contributed by atoms with Crippen LogP contribution in [0, 0.1) is 6.08 Å². The number of hydrogen-bond donors (Lipinski definition) is 0. The minimum atomic E-state index is -0.166. The van der Waals surface area contributed by atoms with Crippen molar-refractivity contribution in [2.75, 3.05) is 0 Å². The molecule has 0 N–H and O–H groups in total. The van der Waals surface area contributed by atoms with Crippen LogP contribution in [-0.2, 0) is 21.7 Å². The Kier molecular flexibility index (Phi) is 11.2. The van der Waals surface area contributed by atoms with Crippen molar-refractivity contribution in [3.8, 4) is 5.75 Å². The number of halogens is 2. The Morgan fingerprint density at radius 1 is 1.15 bits per heavy atom. The van der Waals surface area contributed by atoms with E-state index < -0.39 is 0 Å². The monoisotopic (exact) mass is 365 g/mol. The van der Waals surface area contributed by atoms with Crippen LogP contribution in [0.25, 0.3) is 0 Å². The van der Waals surface area contributed by atoms with Crippen LogP contribution in [0.1, 0.15) is 27.2 Å². The molecule has 0 saturated heterocycles. The number of benzene rings is 1. The molecule has 0 atom stereocenters. The zero-order valence-corrected chi connectivity index (χ0v) is 15.8. The summed E-state index contributed by atoms with van der Waals surface area (Å²) in [6, 6.07) is 8.16. The third kappa shape index (κ3) is 7.24. The summed E-state index contributed by atoms with van der Waals surface area (Å²) in [6.07, 6.45) is 8.46. The Morgan fingerprint density at radius 2 is 1.80 bits per heavy atom. The van der Waals surface area contributed by atoms with Crippen LogP contribution in [0.5, 0.6) is 5.75 Å². The second-order valence-corrected chi connectivity index (χ2v) is 5.99. The van der Waals surface area contributed by atoms with Crippen molar-refractivity contribution < 1.29 is 26.5 Å². The van der Waals surface area contributed by atoms with Crippen molar-refractivity contribution in [3.63, 3.8) is 0 Å². The Labute approximate surface area is 153 Å². The van der Waals surface area contributed by atoms with Gasteiger partial charge in [0.05, 0.1) is 4.90 Å². The molecule has 0 amide bonds. The van der Waals surface area contributed by atoms with Crippen LogP contribution in [0.3, 0.4) is 0 Å². The van der Waals surface area contributed by atoms with Gasteiger partial charge in [-0.15, -0.1) is 43.0 Å². The van der Waals surface area contributed by atoms with E-state index in [4.69, 9.17) is 4.74 Å². The molecule has 0 saturated carbocycles. The van der Waals surface area contributed by atoms with Crippen LogP contribution < -0.4 is 4.74 Å². The first-order chi connectivity index (χ1) is 8.04.